The minimum Gasteiger partial charge on any atom is -0.507 e. The van der Waals surface area contributed by atoms with Crippen LogP contribution in [0.15, 0.2) is 17.7 Å². The van der Waals surface area contributed by atoms with Crippen LogP contribution >= 0.6 is 0 Å². The van der Waals surface area contributed by atoms with Gasteiger partial charge in [-0.15, -0.1) is 0 Å². The van der Waals surface area contributed by atoms with Crippen LogP contribution in [-0.2, 0) is 6.42 Å². The Labute approximate surface area is 127 Å². The van der Waals surface area contributed by atoms with Gasteiger partial charge in [-0.1, -0.05) is 23.8 Å². The number of phenols is 2. The third-order valence-corrected chi connectivity index (χ3v) is 3.51. The molecular formula is C18H26O3. The Bertz CT molecular complexity index is 584. The molecule has 0 unspecified atom stereocenters. The fourth-order valence-corrected chi connectivity index (χ4v) is 2.03. The summed E-state index contributed by atoms with van der Waals surface area (Å²) in [5, 5.41) is 30.6. The summed E-state index contributed by atoms with van der Waals surface area (Å²) >= 11 is 0. The molecule has 0 aliphatic heterocycles. The van der Waals surface area contributed by atoms with E-state index in [1.807, 2.05) is 19.9 Å². The summed E-state index contributed by atoms with van der Waals surface area (Å²) in [5.74, 6) is 0.362. The number of hydrogen-bond acceptors (Lipinski definition) is 3. The average molecular weight is 290 g/mol. The molecule has 0 fully saturated rings. The third kappa shape index (κ3) is 4.36. The maximum atomic E-state index is 10.4. The Morgan fingerprint density at radius 1 is 1.05 bits per heavy atom. The van der Waals surface area contributed by atoms with Gasteiger partial charge < -0.3 is 15.3 Å². The number of benzene rings is 1. The molecule has 0 bridgehead atoms. The number of allylic oxidation sites excluding steroid dienone is 2. The molecule has 0 heterocycles. The van der Waals surface area contributed by atoms with Crippen LogP contribution in [0.25, 0.3) is 6.08 Å². The quantitative estimate of drug-likeness (QED) is 0.580. The second kappa shape index (κ2) is 6.35. The van der Waals surface area contributed by atoms with E-state index < -0.39 is 5.60 Å². The Kier molecular flexibility index (Phi) is 5.24. The van der Waals surface area contributed by atoms with Gasteiger partial charge >= 0.3 is 0 Å². The highest BCUT2D eigenvalue weighted by Gasteiger charge is 2.18. The first-order valence-corrected chi connectivity index (χ1v) is 7.13. The lowest BCUT2D eigenvalue weighted by atomic mass is 9.93. The topological polar surface area (TPSA) is 60.7 Å². The van der Waals surface area contributed by atoms with Crippen molar-refractivity contribution in [3.8, 4) is 11.5 Å². The molecule has 3 N–H and O–H groups in total. The van der Waals surface area contributed by atoms with Gasteiger partial charge in [0.2, 0.25) is 0 Å². The van der Waals surface area contributed by atoms with E-state index in [0.717, 1.165) is 5.57 Å². The Balaban J connectivity index is 3.51. The first kappa shape index (κ1) is 17.3. The van der Waals surface area contributed by atoms with Gasteiger partial charge in [0.25, 0.3) is 0 Å². The zero-order chi connectivity index (χ0) is 16.4. The van der Waals surface area contributed by atoms with Gasteiger partial charge in [0, 0.05) is 11.1 Å². The number of rotatable bonds is 4. The molecule has 0 aromatic heterocycles. The Hall–Kier alpha value is -1.74. The van der Waals surface area contributed by atoms with Gasteiger partial charge in [-0.05, 0) is 59.1 Å². The van der Waals surface area contributed by atoms with E-state index in [4.69, 9.17) is 0 Å². The number of aromatic hydroxyl groups is 2. The van der Waals surface area contributed by atoms with Crippen LogP contribution in [0.3, 0.4) is 0 Å². The van der Waals surface area contributed by atoms with Crippen molar-refractivity contribution in [2.75, 3.05) is 0 Å². The molecule has 1 aromatic carbocycles. The van der Waals surface area contributed by atoms with Crippen molar-refractivity contribution < 1.29 is 15.3 Å². The Morgan fingerprint density at radius 2 is 1.57 bits per heavy atom. The van der Waals surface area contributed by atoms with Crippen LogP contribution in [-0.4, -0.2) is 20.9 Å². The molecule has 1 rings (SSSR count). The first-order chi connectivity index (χ1) is 9.54. The third-order valence-electron chi connectivity index (χ3n) is 3.51. The maximum Gasteiger partial charge on any atom is 0.126 e. The summed E-state index contributed by atoms with van der Waals surface area (Å²) in [5.41, 5.74) is 2.75. The Morgan fingerprint density at radius 3 is 2.05 bits per heavy atom. The van der Waals surface area contributed by atoms with Gasteiger partial charge in [0.05, 0.1) is 5.60 Å². The predicted octanol–water partition coefficient (Wildman–Crippen LogP) is 4.01. The summed E-state index contributed by atoms with van der Waals surface area (Å²) in [4.78, 5) is 0. The summed E-state index contributed by atoms with van der Waals surface area (Å²) in [7, 11) is 0. The molecule has 0 saturated heterocycles. The molecule has 0 aliphatic carbocycles. The molecule has 3 nitrogen and oxygen atoms in total. The standard InChI is InChI=1S/C18H26O3/c1-11(2)7-8-14-15(9-10-18(5,6)21)17(20)13(4)12(3)16(14)19/h7,9-10,19-21H,8H2,1-6H3. The summed E-state index contributed by atoms with van der Waals surface area (Å²) in [6.07, 6.45) is 5.83. The van der Waals surface area contributed by atoms with Gasteiger partial charge in [-0.3, -0.25) is 0 Å². The van der Waals surface area contributed by atoms with Gasteiger partial charge in [-0.2, -0.15) is 0 Å². The van der Waals surface area contributed by atoms with E-state index in [-0.39, 0.29) is 11.5 Å². The van der Waals surface area contributed by atoms with E-state index >= 15 is 0 Å². The highest BCUT2D eigenvalue weighted by atomic mass is 16.3. The van der Waals surface area contributed by atoms with Crippen molar-refractivity contribution in [2.24, 2.45) is 0 Å². The van der Waals surface area contributed by atoms with Crippen molar-refractivity contribution in [1.29, 1.82) is 0 Å². The van der Waals surface area contributed by atoms with Crippen LogP contribution in [0.1, 0.15) is 49.9 Å². The van der Waals surface area contributed by atoms with Crippen LogP contribution in [0, 0.1) is 13.8 Å². The highest BCUT2D eigenvalue weighted by Crippen LogP contribution is 2.38. The molecule has 1 aromatic rings. The van der Waals surface area contributed by atoms with Gasteiger partial charge in [0.15, 0.2) is 0 Å². The molecule has 0 aliphatic rings. The minimum atomic E-state index is -0.978. The zero-order valence-electron chi connectivity index (χ0n) is 13.8. The molecule has 0 amide bonds. The monoisotopic (exact) mass is 290 g/mol. The fraction of sp³-hybridized carbons (Fsp3) is 0.444. The molecule has 0 spiro atoms. The minimum absolute atomic E-state index is 0.156. The zero-order valence-corrected chi connectivity index (χ0v) is 13.8. The summed E-state index contributed by atoms with van der Waals surface area (Å²) < 4.78 is 0. The molecule has 0 radical (unpaired) electrons. The van der Waals surface area contributed by atoms with Crippen molar-refractivity contribution >= 4 is 6.08 Å². The van der Waals surface area contributed by atoms with Crippen molar-refractivity contribution in [2.45, 2.75) is 53.6 Å². The largest absolute Gasteiger partial charge is 0.507 e. The van der Waals surface area contributed by atoms with Crippen LogP contribution in [0.2, 0.25) is 0 Å². The number of phenolic OH excluding ortho intramolecular Hbond substituents is 2. The maximum absolute atomic E-state index is 10.4. The van der Waals surface area contributed by atoms with Crippen molar-refractivity contribution in [3.63, 3.8) is 0 Å². The smallest absolute Gasteiger partial charge is 0.126 e. The molecular weight excluding hydrogens is 264 g/mol. The van der Waals surface area contributed by atoms with Crippen molar-refractivity contribution in [1.82, 2.24) is 0 Å². The summed E-state index contributed by atoms with van der Waals surface area (Å²) in [6, 6.07) is 0. The fourth-order valence-electron chi connectivity index (χ4n) is 2.03. The molecule has 21 heavy (non-hydrogen) atoms. The normalized spacial score (nSPS) is 12.0. The van der Waals surface area contributed by atoms with Crippen molar-refractivity contribution in [3.05, 3.63) is 40.0 Å². The van der Waals surface area contributed by atoms with E-state index in [9.17, 15) is 15.3 Å². The number of hydrogen-bond donors (Lipinski definition) is 3. The van der Waals surface area contributed by atoms with Gasteiger partial charge in [0.1, 0.15) is 11.5 Å². The second-order valence-electron chi connectivity index (χ2n) is 6.31. The van der Waals surface area contributed by atoms with Crippen LogP contribution < -0.4 is 0 Å². The lowest BCUT2D eigenvalue weighted by Gasteiger charge is -2.17. The van der Waals surface area contributed by atoms with E-state index in [2.05, 4.69) is 0 Å². The second-order valence-corrected chi connectivity index (χ2v) is 6.31. The molecule has 116 valence electrons. The lowest BCUT2D eigenvalue weighted by Crippen LogP contribution is -2.13. The SMILES string of the molecule is CC(C)=CCc1c(O)c(C)c(C)c(O)c1C=CC(C)(C)O. The van der Waals surface area contributed by atoms with E-state index in [1.54, 1.807) is 39.8 Å². The molecule has 0 saturated carbocycles. The highest BCUT2D eigenvalue weighted by molar-refractivity contribution is 5.69. The molecule has 3 heteroatoms. The molecule has 0 atom stereocenters. The summed E-state index contributed by atoms with van der Waals surface area (Å²) in [6.45, 7) is 10.9. The van der Waals surface area contributed by atoms with Gasteiger partial charge in [-0.25, -0.2) is 0 Å². The van der Waals surface area contributed by atoms with E-state index in [0.29, 0.717) is 28.7 Å². The van der Waals surface area contributed by atoms with Crippen LogP contribution in [0.4, 0.5) is 0 Å². The average Bonchev–Trinajstić information content (AvgIpc) is 2.36. The van der Waals surface area contributed by atoms with Crippen LogP contribution in [0.5, 0.6) is 11.5 Å². The first-order valence-electron chi connectivity index (χ1n) is 7.13. The van der Waals surface area contributed by atoms with E-state index in [1.165, 1.54) is 0 Å². The lowest BCUT2D eigenvalue weighted by molar-refractivity contribution is 0.134. The predicted molar refractivity (Wildman–Crippen MR) is 87.7 cm³/mol. The number of aliphatic hydroxyl groups is 1.